The van der Waals surface area contributed by atoms with E-state index in [1.165, 1.54) is 5.56 Å². The summed E-state index contributed by atoms with van der Waals surface area (Å²) >= 11 is 6.40. The van der Waals surface area contributed by atoms with Crippen LogP contribution in [0.5, 0.6) is 0 Å². The zero-order valence-electron chi connectivity index (χ0n) is 15.0. The topological polar surface area (TPSA) is 56.3 Å². The zero-order chi connectivity index (χ0) is 18.0. The van der Waals surface area contributed by atoms with Gasteiger partial charge in [-0.15, -0.1) is 0 Å². The quantitative estimate of drug-likeness (QED) is 0.853. The lowest BCUT2D eigenvalue weighted by Gasteiger charge is -2.36. The molecule has 0 radical (unpaired) electrons. The highest BCUT2D eigenvalue weighted by Gasteiger charge is 2.44. The van der Waals surface area contributed by atoms with Gasteiger partial charge in [-0.05, 0) is 24.8 Å². The second kappa shape index (κ2) is 7.51. The van der Waals surface area contributed by atoms with Crippen molar-refractivity contribution in [2.45, 2.75) is 57.0 Å². The summed E-state index contributed by atoms with van der Waals surface area (Å²) in [5.41, 5.74) is 2.06. The number of anilines is 1. The maximum Gasteiger partial charge on any atom is 0.169 e. The Morgan fingerprint density at radius 3 is 2.69 bits per heavy atom. The molecule has 0 amide bonds. The molecule has 1 atom stereocenters. The highest BCUT2D eigenvalue weighted by atomic mass is 35.5. The van der Waals surface area contributed by atoms with Crippen LogP contribution in [-0.2, 0) is 15.9 Å². The third-order valence-corrected chi connectivity index (χ3v) is 5.71. The number of rotatable bonds is 4. The second-order valence-electron chi connectivity index (χ2n) is 6.99. The predicted octanol–water partition coefficient (Wildman–Crippen LogP) is 4.53. The summed E-state index contributed by atoms with van der Waals surface area (Å²) in [6, 6.07) is 10.6. The molecule has 1 saturated carbocycles. The van der Waals surface area contributed by atoms with Gasteiger partial charge in [0.2, 0.25) is 0 Å². The fourth-order valence-electron chi connectivity index (χ4n) is 3.80. The van der Waals surface area contributed by atoms with Crippen LogP contribution in [0.2, 0.25) is 5.02 Å². The van der Waals surface area contributed by atoms with Crippen LogP contribution in [-0.4, -0.2) is 28.4 Å². The number of nitrogens with one attached hydrogen (secondary N) is 1. The van der Waals surface area contributed by atoms with Crippen molar-refractivity contribution in [3.8, 4) is 0 Å². The molecule has 1 aromatic carbocycles. The number of nitrogens with zero attached hydrogens (tertiary/aromatic N) is 2. The van der Waals surface area contributed by atoms with E-state index < -0.39 is 5.79 Å². The van der Waals surface area contributed by atoms with Gasteiger partial charge in [0, 0.05) is 18.9 Å². The smallest absolute Gasteiger partial charge is 0.169 e. The summed E-state index contributed by atoms with van der Waals surface area (Å²) < 4.78 is 12.4. The molecule has 1 spiro atoms. The number of aromatic nitrogens is 2. The average Bonchev–Trinajstić information content (AvgIpc) is 3.10. The van der Waals surface area contributed by atoms with Crippen molar-refractivity contribution in [2.75, 3.05) is 11.9 Å². The van der Waals surface area contributed by atoms with Crippen LogP contribution in [0.15, 0.2) is 36.7 Å². The summed E-state index contributed by atoms with van der Waals surface area (Å²) in [7, 11) is 0. The highest BCUT2D eigenvalue weighted by molar-refractivity contribution is 6.33. The van der Waals surface area contributed by atoms with E-state index in [2.05, 4.69) is 27.4 Å². The number of hydrogen-bond acceptors (Lipinski definition) is 5. The van der Waals surface area contributed by atoms with Crippen LogP contribution >= 0.6 is 11.6 Å². The van der Waals surface area contributed by atoms with E-state index in [4.69, 9.17) is 21.1 Å². The summed E-state index contributed by atoms with van der Waals surface area (Å²) in [5.74, 6) is 0.290. The molecule has 0 bridgehead atoms. The number of ether oxygens (including phenoxy) is 2. The van der Waals surface area contributed by atoms with Crippen molar-refractivity contribution in [1.29, 1.82) is 0 Å². The molecule has 5 nitrogen and oxygen atoms in total. The molecule has 4 rings (SSSR count). The molecule has 1 N–H and O–H groups in total. The standard InChI is InChI=1S/C20H24ClN3O2/c1-2-16-18(21)19(23-13-22-16)24-15-8-10-20(11-9-15)25-12-17(26-20)14-6-4-3-5-7-14/h3-7,13,15,17H,2,8-12H2,1H3,(H,22,23,24). The van der Waals surface area contributed by atoms with Gasteiger partial charge >= 0.3 is 0 Å². The van der Waals surface area contributed by atoms with Gasteiger partial charge in [-0.1, -0.05) is 48.9 Å². The SMILES string of the molecule is CCc1ncnc(NC2CCC3(CC2)OCC(c2ccccc2)O3)c1Cl. The van der Waals surface area contributed by atoms with Crippen LogP contribution in [0.4, 0.5) is 5.82 Å². The fourth-order valence-corrected chi connectivity index (χ4v) is 4.08. The van der Waals surface area contributed by atoms with Crippen molar-refractivity contribution >= 4 is 17.4 Å². The molecule has 1 aliphatic heterocycles. The third-order valence-electron chi connectivity index (χ3n) is 5.31. The Hall–Kier alpha value is -1.69. The molecule has 2 aliphatic rings. The lowest BCUT2D eigenvalue weighted by molar-refractivity contribution is -0.188. The van der Waals surface area contributed by atoms with E-state index in [9.17, 15) is 0 Å². The molecule has 1 aromatic heterocycles. The van der Waals surface area contributed by atoms with Crippen LogP contribution < -0.4 is 5.32 Å². The van der Waals surface area contributed by atoms with Gasteiger partial charge in [-0.25, -0.2) is 9.97 Å². The van der Waals surface area contributed by atoms with Gasteiger partial charge < -0.3 is 14.8 Å². The highest BCUT2D eigenvalue weighted by Crippen LogP contribution is 2.43. The van der Waals surface area contributed by atoms with E-state index in [0.29, 0.717) is 17.7 Å². The first kappa shape index (κ1) is 17.7. The number of aryl methyl sites for hydroxylation is 1. The first-order chi connectivity index (χ1) is 12.7. The van der Waals surface area contributed by atoms with Crippen molar-refractivity contribution in [1.82, 2.24) is 9.97 Å². The zero-order valence-corrected chi connectivity index (χ0v) is 15.7. The van der Waals surface area contributed by atoms with Crippen LogP contribution in [0.3, 0.4) is 0 Å². The minimum absolute atomic E-state index is 0.0316. The Bertz CT molecular complexity index is 748. The maximum absolute atomic E-state index is 6.40. The molecular formula is C20H24ClN3O2. The minimum atomic E-state index is -0.442. The van der Waals surface area contributed by atoms with E-state index in [0.717, 1.165) is 43.6 Å². The van der Waals surface area contributed by atoms with Crippen molar-refractivity contribution < 1.29 is 9.47 Å². The fraction of sp³-hybridized carbons (Fsp3) is 0.500. The third kappa shape index (κ3) is 3.56. The largest absolute Gasteiger partial charge is 0.366 e. The van der Waals surface area contributed by atoms with Gasteiger partial charge in [0.25, 0.3) is 0 Å². The summed E-state index contributed by atoms with van der Waals surface area (Å²) in [5, 5.41) is 4.11. The monoisotopic (exact) mass is 373 g/mol. The second-order valence-corrected chi connectivity index (χ2v) is 7.37. The Morgan fingerprint density at radius 2 is 1.96 bits per heavy atom. The Balaban J connectivity index is 1.36. The van der Waals surface area contributed by atoms with E-state index in [1.807, 2.05) is 25.1 Å². The Labute approximate surface area is 159 Å². The molecule has 1 unspecified atom stereocenters. The van der Waals surface area contributed by atoms with Gasteiger partial charge in [0.1, 0.15) is 23.3 Å². The molecular weight excluding hydrogens is 350 g/mol. The van der Waals surface area contributed by atoms with Crippen molar-refractivity contribution in [2.24, 2.45) is 0 Å². The number of benzene rings is 1. The predicted molar refractivity (Wildman–Crippen MR) is 101 cm³/mol. The van der Waals surface area contributed by atoms with Crippen LogP contribution in [0.25, 0.3) is 0 Å². The Morgan fingerprint density at radius 1 is 1.19 bits per heavy atom. The molecule has 6 heteroatoms. The van der Waals surface area contributed by atoms with Gasteiger partial charge in [-0.3, -0.25) is 0 Å². The molecule has 2 aromatic rings. The lowest BCUT2D eigenvalue weighted by atomic mass is 9.90. The van der Waals surface area contributed by atoms with Crippen molar-refractivity contribution in [3.63, 3.8) is 0 Å². The first-order valence-electron chi connectivity index (χ1n) is 9.32. The first-order valence-corrected chi connectivity index (χ1v) is 9.69. The van der Waals surface area contributed by atoms with Crippen molar-refractivity contribution in [3.05, 3.63) is 52.9 Å². The number of halogens is 1. The van der Waals surface area contributed by atoms with E-state index in [1.54, 1.807) is 6.33 Å². The van der Waals surface area contributed by atoms with E-state index >= 15 is 0 Å². The van der Waals surface area contributed by atoms with Gasteiger partial charge in [-0.2, -0.15) is 0 Å². The molecule has 1 saturated heterocycles. The maximum atomic E-state index is 6.40. The lowest BCUT2D eigenvalue weighted by Crippen LogP contribution is -2.39. The van der Waals surface area contributed by atoms with Gasteiger partial charge in [0.05, 0.1) is 12.3 Å². The van der Waals surface area contributed by atoms with Crippen LogP contribution in [0, 0.1) is 0 Å². The minimum Gasteiger partial charge on any atom is -0.366 e. The van der Waals surface area contributed by atoms with Gasteiger partial charge in [0.15, 0.2) is 5.79 Å². The molecule has 2 fully saturated rings. The summed E-state index contributed by atoms with van der Waals surface area (Å²) in [6.07, 6.45) is 6.07. The van der Waals surface area contributed by atoms with Crippen LogP contribution in [0.1, 0.15) is 50.0 Å². The number of hydrogen-bond donors (Lipinski definition) is 1. The summed E-state index contributed by atoms with van der Waals surface area (Å²) in [4.78, 5) is 8.53. The molecule has 1 aliphatic carbocycles. The van der Waals surface area contributed by atoms with E-state index in [-0.39, 0.29) is 6.10 Å². The molecule has 26 heavy (non-hydrogen) atoms. The average molecular weight is 374 g/mol. The summed E-state index contributed by atoms with van der Waals surface area (Å²) in [6.45, 7) is 2.67. The Kier molecular flexibility index (Phi) is 5.11. The molecule has 138 valence electrons. The molecule has 2 heterocycles. The normalized spacial score (nSPS) is 28.4.